The third-order valence-electron chi connectivity index (χ3n) is 5.90. The Labute approximate surface area is 206 Å². The highest BCUT2D eigenvalue weighted by Crippen LogP contribution is 2.32. The number of hydrogen-bond acceptors (Lipinski definition) is 3. The van der Waals surface area contributed by atoms with Gasteiger partial charge in [-0.3, -0.25) is 4.57 Å². The molecule has 4 aromatic rings. The van der Waals surface area contributed by atoms with Crippen molar-refractivity contribution in [3.05, 3.63) is 95.3 Å². The van der Waals surface area contributed by atoms with E-state index in [-0.39, 0.29) is 16.6 Å². The van der Waals surface area contributed by atoms with E-state index in [4.69, 9.17) is 0 Å². The van der Waals surface area contributed by atoms with Crippen molar-refractivity contribution in [3.63, 3.8) is 0 Å². The smallest absolute Gasteiger partial charge is 0.196 e. The largest absolute Gasteiger partial charge is 0.270 e. The zero-order chi connectivity index (χ0) is 24.5. The Bertz CT molecular complexity index is 1260. The van der Waals surface area contributed by atoms with Gasteiger partial charge in [0.2, 0.25) is 0 Å². The van der Waals surface area contributed by atoms with Gasteiger partial charge in [-0.25, -0.2) is 4.39 Å². The molecule has 0 aliphatic carbocycles. The maximum Gasteiger partial charge on any atom is 0.196 e. The number of nitrogens with zero attached hydrogens (tertiary/aromatic N) is 3. The van der Waals surface area contributed by atoms with E-state index in [0.29, 0.717) is 11.5 Å². The highest BCUT2D eigenvalue weighted by atomic mass is 32.2. The molecular weight excluding hydrogens is 441 g/mol. The van der Waals surface area contributed by atoms with Gasteiger partial charge < -0.3 is 0 Å². The van der Waals surface area contributed by atoms with Crippen LogP contribution >= 0.6 is 11.8 Å². The second-order valence-corrected chi connectivity index (χ2v) is 11.6. The molecule has 0 aliphatic rings. The van der Waals surface area contributed by atoms with E-state index < -0.39 is 0 Å². The minimum atomic E-state index is -0.283. The molecule has 4 rings (SSSR count). The summed E-state index contributed by atoms with van der Waals surface area (Å²) in [6.45, 7) is 13.2. The first-order valence-electron chi connectivity index (χ1n) is 11.6. The molecule has 0 aliphatic heterocycles. The van der Waals surface area contributed by atoms with E-state index in [1.807, 2.05) is 10.6 Å². The zero-order valence-electron chi connectivity index (χ0n) is 20.8. The van der Waals surface area contributed by atoms with Crippen LogP contribution in [0.25, 0.3) is 17.1 Å². The zero-order valence-corrected chi connectivity index (χ0v) is 21.6. The van der Waals surface area contributed by atoms with E-state index in [0.717, 1.165) is 16.5 Å². The third kappa shape index (κ3) is 5.41. The van der Waals surface area contributed by atoms with E-state index in [9.17, 15) is 4.39 Å². The fourth-order valence-electron chi connectivity index (χ4n) is 3.77. The van der Waals surface area contributed by atoms with Crippen LogP contribution in [0.3, 0.4) is 0 Å². The van der Waals surface area contributed by atoms with Gasteiger partial charge in [-0.2, -0.15) is 0 Å². The lowest BCUT2D eigenvalue weighted by atomic mass is 9.87. The van der Waals surface area contributed by atoms with Gasteiger partial charge in [0.1, 0.15) is 5.82 Å². The summed E-state index contributed by atoms with van der Waals surface area (Å²) in [6, 6.07) is 23.7. The molecule has 3 aromatic carbocycles. The van der Waals surface area contributed by atoms with Gasteiger partial charge in [0.05, 0.1) is 5.69 Å². The lowest BCUT2D eigenvalue weighted by Gasteiger charge is -2.19. The van der Waals surface area contributed by atoms with Crippen molar-refractivity contribution in [3.8, 4) is 17.1 Å². The summed E-state index contributed by atoms with van der Waals surface area (Å²) in [5.41, 5.74) is 5.63. The van der Waals surface area contributed by atoms with Crippen LogP contribution < -0.4 is 0 Å². The SMILES string of the molecule is CC(C)(C)c1ccc(CSc2nnc(-c3ccc(C(C)(C)C)cc3)n2-c2cccc(F)c2)cc1. The van der Waals surface area contributed by atoms with Crippen molar-refractivity contribution >= 4 is 11.8 Å². The Hall–Kier alpha value is -2.92. The summed E-state index contributed by atoms with van der Waals surface area (Å²) in [6.07, 6.45) is 0. The highest BCUT2D eigenvalue weighted by Gasteiger charge is 2.19. The quantitative estimate of drug-likeness (QED) is 0.275. The number of halogens is 1. The van der Waals surface area contributed by atoms with Crippen LogP contribution in [0, 0.1) is 5.82 Å². The lowest BCUT2D eigenvalue weighted by molar-refractivity contribution is 0.590. The van der Waals surface area contributed by atoms with Crippen LogP contribution in [0.1, 0.15) is 58.2 Å². The Morgan fingerprint density at radius 3 is 1.91 bits per heavy atom. The number of thioether (sulfide) groups is 1. The van der Waals surface area contributed by atoms with Crippen LogP contribution in [0.5, 0.6) is 0 Å². The van der Waals surface area contributed by atoms with Crippen LogP contribution in [-0.4, -0.2) is 14.8 Å². The van der Waals surface area contributed by atoms with Crippen molar-refractivity contribution in [2.75, 3.05) is 0 Å². The summed E-state index contributed by atoms with van der Waals surface area (Å²) in [7, 11) is 0. The number of benzene rings is 3. The molecule has 0 N–H and O–H groups in total. The van der Waals surface area contributed by atoms with Gasteiger partial charge in [0.15, 0.2) is 11.0 Å². The maximum atomic E-state index is 14.1. The van der Waals surface area contributed by atoms with Crippen molar-refractivity contribution in [1.29, 1.82) is 0 Å². The Balaban J connectivity index is 1.67. The first kappa shape index (κ1) is 24.2. The molecule has 0 amide bonds. The minimum Gasteiger partial charge on any atom is -0.270 e. The van der Waals surface area contributed by atoms with Gasteiger partial charge >= 0.3 is 0 Å². The second kappa shape index (κ2) is 9.38. The molecule has 1 heterocycles. The molecular formula is C29H32FN3S. The summed E-state index contributed by atoms with van der Waals surface area (Å²) < 4.78 is 16.1. The fraction of sp³-hybridized carbons (Fsp3) is 0.310. The topological polar surface area (TPSA) is 30.7 Å². The molecule has 3 nitrogen and oxygen atoms in total. The Kier molecular flexibility index (Phi) is 6.68. The van der Waals surface area contributed by atoms with Gasteiger partial charge in [-0.05, 0) is 45.7 Å². The van der Waals surface area contributed by atoms with Crippen LogP contribution in [0.4, 0.5) is 4.39 Å². The standard InChI is InChI=1S/C29H32FN3S/c1-28(2,3)22-14-10-20(11-15-22)19-34-27-32-31-26(33(27)25-9-7-8-24(30)18-25)21-12-16-23(17-13-21)29(4,5)6/h7-18H,19H2,1-6H3. The summed E-state index contributed by atoms with van der Waals surface area (Å²) >= 11 is 1.60. The average Bonchev–Trinajstić information content (AvgIpc) is 3.21. The molecule has 176 valence electrons. The Morgan fingerprint density at radius 1 is 0.765 bits per heavy atom. The minimum absolute atomic E-state index is 0.0678. The van der Waals surface area contributed by atoms with Gasteiger partial charge in [-0.1, -0.05) is 108 Å². The molecule has 0 saturated carbocycles. The highest BCUT2D eigenvalue weighted by molar-refractivity contribution is 7.98. The van der Waals surface area contributed by atoms with Gasteiger partial charge in [0, 0.05) is 11.3 Å². The van der Waals surface area contributed by atoms with E-state index in [1.54, 1.807) is 17.8 Å². The third-order valence-corrected chi connectivity index (χ3v) is 6.90. The molecule has 0 saturated heterocycles. The van der Waals surface area contributed by atoms with Crippen LogP contribution in [0.15, 0.2) is 78.0 Å². The molecule has 0 radical (unpaired) electrons. The van der Waals surface area contributed by atoms with Crippen LogP contribution in [-0.2, 0) is 16.6 Å². The fourth-order valence-corrected chi connectivity index (χ4v) is 4.67. The summed E-state index contributed by atoms with van der Waals surface area (Å²) in [5.74, 6) is 1.17. The van der Waals surface area contributed by atoms with Crippen molar-refractivity contribution in [1.82, 2.24) is 14.8 Å². The van der Waals surface area contributed by atoms with Crippen LogP contribution in [0.2, 0.25) is 0 Å². The van der Waals surface area contributed by atoms with Gasteiger partial charge in [0.25, 0.3) is 0 Å². The summed E-state index contributed by atoms with van der Waals surface area (Å²) in [4.78, 5) is 0. The first-order chi connectivity index (χ1) is 16.0. The van der Waals surface area contributed by atoms with E-state index >= 15 is 0 Å². The first-order valence-corrected chi connectivity index (χ1v) is 12.6. The number of rotatable bonds is 5. The van der Waals surface area contributed by atoms with Crippen molar-refractivity contribution < 1.29 is 4.39 Å². The molecule has 0 spiro atoms. The van der Waals surface area contributed by atoms with E-state index in [1.165, 1.54) is 28.8 Å². The molecule has 0 unspecified atom stereocenters. The monoisotopic (exact) mass is 473 g/mol. The van der Waals surface area contributed by atoms with Gasteiger partial charge in [-0.15, -0.1) is 10.2 Å². The maximum absolute atomic E-state index is 14.1. The Morgan fingerprint density at radius 2 is 1.35 bits per heavy atom. The molecule has 34 heavy (non-hydrogen) atoms. The average molecular weight is 474 g/mol. The second-order valence-electron chi connectivity index (χ2n) is 10.7. The number of hydrogen-bond donors (Lipinski definition) is 0. The van der Waals surface area contributed by atoms with Crippen molar-refractivity contribution in [2.45, 2.75) is 63.3 Å². The van der Waals surface area contributed by atoms with Crippen molar-refractivity contribution in [2.24, 2.45) is 0 Å². The molecule has 0 atom stereocenters. The molecule has 5 heteroatoms. The molecule has 0 fully saturated rings. The van der Waals surface area contributed by atoms with E-state index in [2.05, 4.69) is 100 Å². The summed E-state index contributed by atoms with van der Waals surface area (Å²) in [5, 5.41) is 9.74. The lowest BCUT2D eigenvalue weighted by Crippen LogP contribution is -2.10. The number of aromatic nitrogens is 3. The normalized spacial score (nSPS) is 12.2. The molecule has 1 aromatic heterocycles. The predicted molar refractivity (Wildman–Crippen MR) is 140 cm³/mol. The molecule has 0 bridgehead atoms. The predicted octanol–water partition coefficient (Wildman–Crippen LogP) is 7.96.